The van der Waals surface area contributed by atoms with Crippen LogP contribution in [0.15, 0.2) is 48.5 Å². The Hall–Kier alpha value is -2.35. The molecule has 0 aliphatic heterocycles. The molecular weight excluding hydrogens is 224 g/mol. The fraction of sp³-hybridized carbons (Fsp3) is 0.0625. The van der Waals surface area contributed by atoms with E-state index in [-0.39, 0.29) is 0 Å². The molecule has 2 aromatic rings. The Kier molecular flexibility index (Phi) is 3.58. The molecule has 90 valence electrons. The topological polar surface area (TPSA) is 26.3 Å². The third kappa shape index (κ3) is 2.33. The molecule has 18 heavy (non-hydrogen) atoms. The van der Waals surface area contributed by atoms with E-state index in [9.17, 15) is 4.79 Å². The first-order valence-corrected chi connectivity index (χ1v) is 5.68. The maximum absolute atomic E-state index is 10.7. The van der Waals surface area contributed by atoms with Gasteiger partial charge in [0.1, 0.15) is 5.76 Å². The molecule has 0 aromatic heterocycles. The predicted molar refractivity (Wildman–Crippen MR) is 72.1 cm³/mol. The summed E-state index contributed by atoms with van der Waals surface area (Å²) in [7, 11) is 0. The molecule has 0 heterocycles. The largest absolute Gasteiger partial charge is 0.427 e. The summed E-state index contributed by atoms with van der Waals surface area (Å²) in [5.74, 6) is 0.550. The van der Waals surface area contributed by atoms with E-state index in [0.717, 1.165) is 21.6 Å². The second-order valence-electron chi connectivity index (χ2n) is 4.02. The fourth-order valence-corrected chi connectivity index (χ4v) is 1.89. The molecule has 0 fully saturated rings. The molecule has 0 spiro atoms. The highest BCUT2D eigenvalue weighted by Gasteiger charge is 2.07. The van der Waals surface area contributed by atoms with Crippen LogP contribution in [-0.4, -0.2) is 6.47 Å². The number of rotatable bonds is 3. The fourth-order valence-electron chi connectivity index (χ4n) is 1.89. The molecule has 2 aromatic carbocycles. The van der Waals surface area contributed by atoms with Gasteiger partial charge in [-0.25, -0.2) is 0 Å². The molecule has 0 radical (unpaired) electrons. The second kappa shape index (κ2) is 5.32. The zero-order valence-electron chi connectivity index (χ0n) is 10.2. The van der Waals surface area contributed by atoms with Crippen molar-refractivity contribution < 1.29 is 9.53 Å². The van der Waals surface area contributed by atoms with Crippen LogP contribution in [0, 0.1) is 6.92 Å². The normalized spacial score (nSPS) is 11.8. The van der Waals surface area contributed by atoms with Crippen LogP contribution in [0.1, 0.15) is 11.1 Å². The zero-order chi connectivity index (χ0) is 13.0. The van der Waals surface area contributed by atoms with Crippen LogP contribution in [0.4, 0.5) is 0 Å². The van der Waals surface area contributed by atoms with Gasteiger partial charge >= 0.3 is 0 Å². The van der Waals surface area contributed by atoms with Crippen LogP contribution in [0.3, 0.4) is 0 Å². The van der Waals surface area contributed by atoms with E-state index in [4.69, 9.17) is 4.74 Å². The Balaban J connectivity index is 2.80. The van der Waals surface area contributed by atoms with Gasteiger partial charge in [0.05, 0.1) is 0 Å². The highest BCUT2D eigenvalue weighted by atomic mass is 16.5. The third-order valence-corrected chi connectivity index (χ3v) is 2.82. The minimum Gasteiger partial charge on any atom is -0.427 e. The summed E-state index contributed by atoms with van der Waals surface area (Å²) in [5, 5.41) is 1.66. The van der Waals surface area contributed by atoms with E-state index >= 15 is 0 Å². The van der Waals surface area contributed by atoms with Crippen molar-refractivity contribution in [2.45, 2.75) is 6.92 Å². The molecule has 0 saturated heterocycles. The minimum absolute atomic E-state index is 0.453. The lowest BCUT2D eigenvalue weighted by Gasteiger charge is -2.08. The van der Waals surface area contributed by atoms with E-state index in [1.165, 1.54) is 0 Å². The zero-order valence-corrected chi connectivity index (χ0v) is 10.2. The van der Waals surface area contributed by atoms with E-state index < -0.39 is 0 Å². The summed E-state index contributed by atoms with van der Waals surface area (Å²) >= 11 is 0. The quantitative estimate of drug-likeness (QED) is 0.761. The van der Waals surface area contributed by atoms with Crippen molar-refractivity contribution >= 4 is 18.8 Å². The molecule has 0 amide bonds. The van der Waals surface area contributed by atoms with Crippen molar-refractivity contribution in [1.29, 1.82) is 0 Å². The number of hydrogen-bond donors (Lipinski definition) is 0. The number of carbonyl (C=O) groups excluding carboxylic acids is 1. The van der Waals surface area contributed by atoms with Crippen molar-refractivity contribution in [2.75, 3.05) is 0 Å². The van der Waals surface area contributed by atoms with E-state index in [1.54, 1.807) is 0 Å². The molecule has 0 atom stereocenters. The monoisotopic (exact) mass is 238 g/mol. The molecular formula is C16H14O2. The molecule has 0 aliphatic rings. The third-order valence-electron chi connectivity index (χ3n) is 2.82. The van der Waals surface area contributed by atoms with Crippen molar-refractivity contribution in [2.24, 2.45) is 0 Å². The summed E-state index contributed by atoms with van der Waals surface area (Å²) in [4.78, 5) is 10.7. The van der Waals surface area contributed by atoms with Gasteiger partial charge in [0.15, 0.2) is 0 Å². The molecule has 2 rings (SSSR count). The van der Waals surface area contributed by atoms with Crippen LogP contribution in [0.2, 0.25) is 0 Å². The molecule has 0 unspecified atom stereocenters. The molecule has 0 bridgehead atoms. The van der Waals surface area contributed by atoms with Crippen molar-refractivity contribution in [1.82, 2.24) is 0 Å². The van der Waals surface area contributed by atoms with E-state index in [0.29, 0.717) is 12.2 Å². The Bertz CT molecular complexity index is 671. The lowest BCUT2D eigenvalue weighted by molar-refractivity contribution is -0.122. The van der Waals surface area contributed by atoms with Gasteiger partial charge < -0.3 is 4.74 Å². The Morgan fingerprint density at radius 2 is 1.78 bits per heavy atom. The van der Waals surface area contributed by atoms with Crippen LogP contribution in [-0.2, 0) is 9.53 Å². The summed E-state index contributed by atoms with van der Waals surface area (Å²) < 4.78 is 5.17. The minimum atomic E-state index is 0.453. The van der Waals surface area contributed by atoms with Gasteiger partial charge in [0.2, 0.25) is 0 Å². The lowest BCUT2D eigenvalue weighted by atomic mass is 10.0. The molecule has 2 heteroatoms. The van der Waals surface area contributed by atoms with Gasteiger partial charge in [-0.2, -0.15) is 0 Å². The van der Waals surface area contributed by atoms with Gasteiger partial charge in [-0.3, -0.25) is 4.79 Å². The van der Waals surface area contributed by atoms with Crippen LogP contribution in [0.5, 0.6) is 0 Å². The Morgan fingerprint density at radius 3 is 2.44 bits per heavy atom. The maximum atomic E-state index is 10.7. The van der Waals surface area contributed by atoms with Gasteiger partial charge in [-0.05, 0) is 17.7 Å². The van der Waals surface area contributed by atoms with Crippen LogP contribution < -0.4 is 10.4 Å². The van der Waals surface area contributed by atoms with Gasteiger partial charge in [-0.1, -0.05) is 55.1 Å². The summed E-state index contributed by atoms with van der Waals surface area (Å²) in [6.07, 6.45) is 0. The average molecular weight is 238 g/mol. The number of hydrogen-bond acceptors (Lipinski definition) is 2. The van der Waals surface area contributed by atoms with Crippen molar-refractivity contribution in [3.8, 4) is 0 Å². The molecule has 0 aliphatic carbocycles. The van der Waals surface area contributed by atoms with E-state index in [1.807, 2.05) is 55.5 Å². The summed E-state index contributed by atoms with van der Waals surface area (Å²) in [6.45, 7) is 6.40. The number of carbonyl (C=O) groups is 1. The first-order chi connectivity index (χ1) is 8.74. The molecule has 2 nitrogen and oxygen atoms in total. The Labute approximate surface area is 106 Å². The van der Waals surface area contributed by atoms with Crippen molar-refractivity contribution in [3.05, 3.63) is 70.1 Å². The first-order valence-electron chi connectivity index (χ1n) is 5.68. The lowest BCUT2D eigenvalue weighted by Crippen LogP contribution is -2.26. The van der Waals surface area contributed by atoms with Crippen LogP contribution >= 0.6 is 0 Å². The standard InChI is InChI=1S/C16H14O2/c1-12-7-3-5-9-14(12)16(18-11-17)15-10-6-4-8-13(15)2/h3-11H,1H2,2H3/b16-14+. The second-order valence-corrected chi connectivity index (χ2v) is 4.02. The smallest absolute Gasteiger partial charge is 0.298 e. The van der Waals surface area contributed by atoms with E-state index in [2.05, 4.69) is 6.58 Å². The summed E-state index contributed by atoms with van der Waals surface area (Å²) in [5.41, 5.74) is 1.96. The first kappa shape index (κ1) is 12.1. The number of ether oxygens (including phenoxy) is 1. The number of benzene rings is 2. The SMILES string of the molecule is C=c1cccc/c1=C(\OC=O)c1ccccc1C. The molecule has 0 saturated carbocycles. The summed E-state index contributed by atoms with van der Waals surface area (Å²) in [6, 6.07) is 15.4. The van der Waals surface area contributed by atoms with Crippen molar-refractivity contribution in [3.63, 3.8) is 0 Å². The Morgan fingerprint density at radius 1 is 1.11 bits per heavy atom. The number of aryl methyl sites for hydroxylation is 1. The predicted octanol–water partition coefficient (Wildman–Crippen LogP) is 1.73. The average Bonchev–Trinajstić information content (AvgIpc) is 2.38. The van der Waals surface area contributed by atoms with Gasteiger partial charge in [0.25, 0.3) is 6.47 Å². The molecule has 0 N–H and O–H groups in total. The van der Waals surface area contributed by atoms with Gasteiger partial charge in [0, 0.05) is 10.8 Å². The van der Waals surface area contributed by atoms with Crippen LogP contribution in [0.25, 0.3) is 12.3 Å². The van der Waals surface area contributed by atoms with Gasteiger partial charge in [-0.15, -0.1) is 0 Å². The highest BCUT2D eigenvalue weighted by Crippen LogP contribution is 2.16. The maximum Gasteiger partial charge on any atom is 0.298 e. The highest BCUT2D eigenvalue weighted by molar-refractivity contribution is 5.68.